The zero-order valence-electron chi connectivity index (χ0n) is 13.9. The molecule has 6 heteroatoms. The van der Waals surface area contributed by atoms with Crippen LogP contribution in [-0.4, -0.2) is 27.0 Å². The third-order valence-corrected chi connectivity index (χ3v) is 4.95. The van der Waals surface area contributed by atoms with Crippen molar-refractivity contribution in [2.75, 3.05) is 6.54 Å². The Morgan fingerprint density at radius 2 is 2.12 bits per heavy atom. The summed E-state index contributed by atoms with van der Waals surface area (Å²) in [7, 11) is 0. The van der Waals surface area contributed by atoms with E-state index >= 15 is 0 Å². The average Bonchev–Trinajstić information content (AvgIpc) is 3.16. The number of hydrogen-bond donors (Lipinski definition) is 2. The summed E-state index contributed by atoms with van der Waals surface area (Å²) in [5.74, 6) is 0.883. The van der Waals surface area contributed by atoms with Crippen molar-refractivity contribution in [3.63, 3.8) is 0 Å². The molecule has 0 saturated heterocycles. The average molecular weight is 327 g/mol. The van der Waals surface area contributed by atoms with Crippen LogP contribution in [-0.2, 0) is 11.3 Å². The van der Waals surface area contributed by atoms with Crippen LogP contribution in [0.2, 0.25) is 0 Å². The van der Waals surface area contributed by atoms with Gasteiger partial charge in [-0.15, -0.1) is 0 Å². The molecule has 1 saturated carbocycles. The Kier molecular flexibility index (Phi) is 5.25. The molecule has 6 nitrogen and oxygen atoms in total. The first-order chi connectivity index (χ1) is 11.7. The van der Waals surface area contributed by atoms with Gasteiger partial charge in [0.05, 0.1) is 0 Å². The van der Waals surface area contributed by atoms with Crippen molar-refractivity contribution in [2.24, 2.45) is 11.1 Å². The van der Waals surface area contributed by atoms with Crippen LogP contribution in [0.1, 0.15) is 44.1 Å². The summed E-state index contributed by atoms with van der Waals surface area (Å²) >= 11 is 0. The molecule has 2 aromatic rings. The lowest BCUT2D eigenvalue weighted by molar-refractivity contribution is -0.124. The summed E-state index contributed by atoms with van der Waals surface area (Å²) in [5, 5.41) is 3.03. The Labute approximate surface area is 142 Å². The first-order valence-corrected chi connectivity index (χ1v) is 8.61. The van der Waals surface area contributed by atoms with Crippen molar-refractivity contribution < 1.29 is 4.79 Å². The number of pyridine rings is 1. The van der Waals surface area contributed by atoms with Gasteiger partial charge in [-0.25, -0.2) is 9.97 Å². The Bertz CT molecular complexity index is 662. The van der Waals surface area contributed by atoms with Gasteiger partial charge in [0.15, 0.2) is 0 Å². The molecule has 0 spiro atoms. The van der Waals surface area contributed by atoms with Gasteiger partial charge in [-0.3, -0.25) is 9.36 Å². The number of amides is 1. The molecule has 1 aliphatic carbocycles. The molecular formula is C18H25N5O. The van der Waals surface area contributed by atoms with Crippen molar-refractivity contribution in [1.82, 2.24) is 19.9 Å². The molecule has 1 aliphatic rings. The minimum atomic E-state index is 0.00253. The predicted octanol–water partition coefficient (Wildman–Crippen LogP) is 2.18. The third-order valence-electron chi connectivity index (χ3n) is 4.95. The molecule has 0 atom stereocenters. The summed E-state index contributed by atoms with van der Waals surface area (Å²) < 4.78 is 1.84. The molecule has 2 aromatic heterocycles. The van der Waals surface area contributed by atoms with Crippen LogP contribution in [0, 0.1) is 5.41 Å². The molecule has 3 rings (SSSR count). The Morgan fingerprint density at radius 3 is 2.83 bits per heavy atom. The van der Waals surface area contributed by atoms with Gasteiger partial charge in [0.25, 0.3) is 0 Å². The van der Waals surface area contributed by atoms with Crippen molar-refractivity contribution in [3.8, 4) is 5.82 Å². The highest BCUT2D eigenvalue weighted by Crippen LogP contribution is 2.38. The van der Waals surface area contributed by atoms with Crippen LogP contribution in [0.25, 0.3) is 5.82 Å². The van der Waals surface area contributed by atoms with E-state index in [9.17, 15) is 4.79 Å². The quantitative estimate of drug-likeness (QED) is 0.851. The molecule has 24 heavy (non-hydrogen) atoms. The second-order valence-electron chi connectivity index (χ2n) is 6.71. The van der Waals surface area contributed by atoms with Crippen molar-refractivity contribution >= 4 is 5.91 Å². The van der Waals surface area contributed by atoms with E-state index in [0.717, 1.165) is 24.2 Å². The lowest BCUT2D eigenvalue weighted by Gasteiger charge is -2.35. The lowest BCUT2D eigenvalue weighted by atomic mass is 9.71. The number of carbonyl (C=O) groups is 1. The van der Waals surface area contributed by atoms with E-state index < -0.39 is 0 Å². The Morgan fingerprint density at radius 1 is 1.29 bits per heavy atom. The first kappa shape index (κ1) is 16.6. The van der Waals surface area contributed by atoms with E-state index in [-0.39, 0.29) is 11.3 Å². The van der Waals surface area contributed by atoms with Crippen LogP contribution >= 0.6 is 0 Å². The van der Waals surface area contributed by atoms with Gasteiger partial charge in [-0.1, -0.05) is 19.3 Å². The number of nitrogens with zero attached hydrogens (tertiary/aromatic N) is 3. The predicted molar refractivity (Wildman–Crippen MR) is 92.4 cm³/mol. The van der Waals surface area contributed by atoms with Crippen LogP contribution in [0.5, 0.6) is 0 Å². The summed E-state index contributed by atoms with van der Waals surface area (Å²) in [6, 6.07) is 3.88. The summed E-state index contributed by atoms with van der Waals surface area (Å²) in [4.78, 5) is 20.7. The van der Waals surface area contributed by atoms with Crippen LogP contribution in [0.4, 0.5) is 0 Å². The fourth-order valence-corrected chi connectivity index (χ4v) is 3.46. The molecule has 2 heterocycles. The van der Waals surface area contributed by atoms with E-state index in [2.05, 4.69) is 15.3 Å². The minimum absolute atomic E-state index is 0.00253. The van der Waals surface area contributed by atoms with E-state index in [1.165, 1.54) is 19.3 Å². The van der Waals surface area contributed by atoms with Crippen LogP contribution < -0.4 is 11.1 Å². The number of hydrogen-bond acceptors (Lipinski definition) is 4. The van der Waals surface area contributed by atoms with Gasteiger partial charge in [-0.05, 0) is 42.5 Å². The number of imidazole rings is 1. The number of aromatic nitrogens is 3. The molecule has 0 aliphatic heterocycles. The standard InChI is InChI=1S/C18H25N5O/c19-13-18(5-2-1-3-6-18)11-17(24)22-12-15-4-7-21-16(10-15)23-9-8-20-14-23/h4,7-10,14H,1-3,5-6,11-13,19H2,(H,22,24). The van der Waals surface area contributed by atoms with E-state index in [1.54, 1.807) is 18.7 Å². The zero-order chi connectivity index (χ0) is 16.8. The number of rotatable bonds is 6. The smallest absolute Gasteiger partial charge is 0.220 e. The molecule has 0 bridgehead atoms. The van der Waals surface area contributed by atoms with Gasteiger partial charge >= 0.3 is 0 Å². The third kappa shape index (κ3) is 4.00. The second-order valence-corrected chi connectivity index (χ2v) is 6.71. The van der Waals surface area contributed by atoms with Gasteiger partial charge in [0, 0.05) is 31.6 Å². The summed E-state index contributed by atoms with van der Waals surface area (Å²) in [5.41, 5.74) is 6.99. The number of nitrogens with two attached hydrogens (primary N) is 1. The lowest BCUT2D eigenvalue weighted by Crippen LogP contribution is -2.38. The maximum atomic E-state index is 12.4. The molecule has 0 radical (unpaired) electrons. The molecule has 1 amide bonds. The highest BCUT2D eigenvalue weighted by molar-refractivity contribution is 5.76. The zero-order valence-corrected chi connectivity index (χ0v) is 13.9. The number of nitrogens with one attached hydrogen (secondary N) is 1. The van der Waals surface area contributed by atoms with E-state index in [1.807, 2.05) is 22.9 Å². The highest BCUT2D eigenvalue weighted by Gasteiger charge is 2.32. The second kappa shape index (κ2) is 7.57. The first-order valence-electron chi connectivity index (χ1n) is 8.61. The SMILES string of the molecule is NCC1(CC(=O)NCc2ccnc(-n3ccnc3)c2)CCCCC1. The molecule has 3 N–H and O–H groups in total. The monoisotopic (exact) mass is 327 g/mol. The summed E-state index contributed by atoms with van der Waals surface area (Å²) in [6.07, 6.45) is 13.3. The van der Waals surface area contributed by atoms with E-state index in [0.29, 0.717) is 19.5 Å². The molecule has 0 aromatic carbocycles. The fraction of sp³-hybridized carbons (Fsp3) is 0.500. The van der Waals surface area contributed by atoms with Crippen molar-refractivity contribution in [2.45, 2.75) is 45.1 Å². The van der Waals surface area contributed by atoms with Crippen LogP contribution in [0.15, 0.2) is 37.1 Å². The largest absolute Gasteiger partial charge is 0.352 e. The highest BCUT2D eigenvalue weighted by atomic mass is 16.1. The Balaban J connectivity index is 1.57. The fourth-order valence-electron chi connectivity index (χ4n) is 3.46. The van der Waals surface area contributed by atoms with Gasteiger partial charge in [0.1, 0.15) is 12.1 Å². The maximum Gasteiger partial charge on any atom is 0.220 e. The molecular weight excluding hydrogens is 302 g/mol. The minimum Gasteiger partial charge on any atom is -0.352 e. The molecule has 1 fully saturated rings. The summed E-state index contributed by atoms with van der Waals surface area (Å²) in [6.45, 7) is 1.10. The van der Waals surface area contributed by atoms with Gasteiger partial charge in [0.2, 0.25) is 5.91 Å². The van der Waals surface area contributed by atoms with Crippen LogP contribution in [0.3, 0.4) is 0 Å². The Hall–Kier alpha value is -2.21. The van der Waals surface area contributed by atoms with E-state index in [4.69, 9.17) is 5.73 Å². The van der Waals surface area contributed by atoms with Gasteiger partial charge in [-0.2, -0.15) is 0 Å². The maximum absolute atomic E-state index is 12.4. The normalized spacial score (nSPS) is 16.7. The molecule has 0 unspecified atom stereocenters. The van der Waals surface area contributed by atoms with Crippen molar-refractivity contribution in [3.05, 3.63) is 42.6 Å². The molecule has 128 valence electrons. The van der Waals surface area contributed by atoms with Gasteiger partial charge < -0.3 is 11.1 Å². The number of carbonyl (C=O) groups excluding carboxylic acids is 1. The topological polar surface area (TPSA) is 85.8 Å². The van der Waals surface area contributed by atoms with Crippen molar-refractivity contribution in [1.29, 1.82) is 0 Å².